The number of rotatable bonds is 5. The Balaban J connectivity index is 1.74. The number of esters is 1. The Morgan fingerprint density at radius 1 is 1.31 bits per heavy atom. The minimum absolute atomic E-state index is 0.119. The smallest absolute Gasteiger partial charge is 0.303 e. The van der Waals surface area contributed by atoms with Crippen molar-refractivity contribution in [2.75, 3.05) is 11.9 Å². The van der Waals surface area contributed by atoms with E-state index in [0.29, 0.717) is 11.1 Å². The average Bonchev–Trinajstić information content (AvgIpc) is 3.35. The molecule has 3 aromatic rings. The molecule has 1 aliphatic heterocycles. The summed E-state index contributed by atoms with van der Waals surface area (Å²) in [6.45, 7) is 0.560. The summed E-state index contributed by atoms with van der Waals surface area (Å²) in [6.07, 6.45) is -2.82. The number of nitrogens with zero attached hydrogens (tertiary/aromatic N) is 4. The molecular formula is C21H19N5O6. The highest BCUT2D eigenvalue weighted by molar-refractivity contribution is 6.05. The van der Waals surface area contributed by atoms with Crippen molar-refractivity contribution in [2.24, 2.45) is 0 Å². The number of nitriles is 1. The lowest BCUT2D eigenvalue weighted by Crippen LogP contribution is -2.42. The predicted octanol–water partition coefficient (Wildman–Crippen LogP) is 0.384. The number of nitrogens with one attached hydrogen (secondary N) is 1. The van der Waals surface area contributed by atoms with E-state index in [4.69, 9.17) is 9.47 Å². The predicted molar refractivity (Wildman–Crippen MR) is 108 cm³/mol. The number of ether oxygens (including phenoxy) is 2. The van der Waals surface area contributed by atoms with E-state index >= 15 is 0 Å². The summed E-state index contributed by atoms with van der Waals surface area (Å²) in [4.78, 5) is 28.1. The van der Waals surface area contributed by atoms with Gasteiger partial charge in [-0.2, -0.15) is 10.4 Å². The van der Waals surface area contributed by atoms with Crippen LogP contribution in [-0.4, -0.2) is 61.6 Å². The highest BCUT2D eigenvalue weighted by Gasteiger charge is 2.59. The van der Waals surface area contributed by atoms with Gasteiger partial charge in [0.15, 0.2) is 11.9 Å². The Kier molecular flexibility index (Phi) is 5.58. The van der Waals surface area contributed by atoms with E-state index in [1.165, 1.54) is 16.9 Å². The maximum atomic E-state index is 12.5. The van der Waals surface area contributed by atoms with Gasteiger partial charge >= 0.3 is 5.97 Å². The lowest BCUT2D eigenvalue weighted by molar-refractivity contribution is -0.153. The normalized spacial score (nSPS) is 24.8. The van der Waals surface area contributed by atoms with Gasteiger partial charge in [-0.3, -0.25) is 9.59 Å². The second-order valence-electron chi connectivity index (χ2n) is 7.15. The molecule has 1 amide bonds. The first-order valence-corrected chi connectivity index (χ1v) is 9.66. The SMILES string of the molecule is CC(=O)O[C@H]1[C@@H](O)[C@](C#N)(c2ccc3c(NC(=O)c4ccccc4)ncnn23)O[C@@H]1CO. The van der Waals surface area contributed by atoms with E-state index in [1.54, 1.807) is 36.4 Å². The minimum Gasteiger partial charge on any atom is -0.457 e. The highest BCUT2D eigenvalue weighted by Crippen LogP contribution is 2.41. The fraction of sp³-hybridized carbons (Fsp3) is 0.286. The number of aromatic nitrogens is 3. The van der Waals surface area contributed by atoms with Crippen molar-refractivity contribution in [2.45, 2.75) is 30.8 Å². The average molecular weight is 437 g/mol. The molecule has 11 nitrogen and oxygen atoms in total. The van der Waals surface area contributed by atoms with Crippen LogP contribution in [0, 0.1) is 11.3 Å². The van der Waals surface area contributed by atoms with Crippen molar-refractivity contribution >= 4 is 23.2 Å². The van der Waals surface area contributed by atoms with Crippen LogP contribution < -0.4 is 5.32 Å². The molecule has 0 aliphatic carbocycles. The van der Waals surface area contributed by atoms with Gasteiger partial charge in [-0.25, -0.2) is 9.50 Å². The Hall–Kier alpha value is -3.85. The topological polar surface area (TPSA) is 159 Å². The molecule has 1 aromatic carbocycles. The number of carbonyl (C=O) groups is 2. The number of benzene rings is 1. The van der Waals surface area contributed by atoms with Gasteiger partial charge in [0.25, 0.3) is 5.91 Å². The Bertz CT molecular complexity index is 1210. The minimum atomic E-state index is -1.99. The van der Waals surface area contributed by atoms with Crippen LogP contribution in [0.3, 0.4) is 0 Å². The first kappa shape index (κ1) is 21.4. The summed E-state index contributed by atoms with van der Waals surface area (Å²) >= 11 is 0. The van der Waals surface area contributed by atoms with Crippen LogP contribution in [-0.2, 0) is 19.9 Å². The summed E-state index contributed by atoms with van der Waals surface area (Å²) in [7, 11) is 0. The molecule has 0 radical (unpaired) electrons. The lowest BCUT2D eigenvalue weighted by atomic mass is 9.92. The van der Waals surface area contributed by atoms with Gasteiger partial charge < -0.3 is 25.0 Å². The third-order valence-corrected chi connectivity index (χ3v) is 5.18. The molecule has 164 valence electrons. The van der Waals surface area contributed by atoms with Gasteiger partial charge in [-0.1, -0.05) is 18.2 Å². The molecule has 4 rings (SSSR count). The summed E-state index contributed by atoms with van der Waals surface area (Å²) < 4.78 is 12.1. The summed E-state index contributed by atoms with van der Waals surface area (Å²) in [5, 5.41) is 37.3. The summed E-state index contributed by atoms with van der Waals surface area (Å²) in [6, 6.07) is 13.5. The number of carbonyl (C=O) groups excluding carboxylic acids is 2. The van der Waals surface area contributed by atoms with Crippen molar-refractivity contribution in [3.05, 3.63) is 60.0 Å². The maximum Gasteiger partial charge on any atom is 0.303 e. The van der Waals surface area contributed by atoms with Gasteiger partial charge in [-0.05, 0) is 24.3 Å². The monoisotopic (exact) mass is 437 g/mol. The third kappa shape index (κ3) is 3.46. The number of amides is 1. The molecule has 0 unspecified atom stereocenters. The van der Waals surface area contributed by atoms with Gasteiger partial charge in [-0.15, -0.1) is 0 Å². The van der Waals surface area contributed by atoms with Crippen molar-refractivity contribution in [1.82, 2.24) is 14.6 Å². The second kappa shape index (κ2) is 8.35. The Morgan fingerprint density at radius 3 is 2.72 bits per heavy atom. The first-order valence-electron chi connectivity index (χ1n) is 9.66. The molecule has 3 heterocycles. The Labute approximate surface area is 181 Å². The van der Waals surface area contributed by atoms with Gasteiger partial charge in [0.05, 0.1) is 12.3 Å². The molecule has 0 saturated carbocycles. The number of aliphatic hydroxyl groups is 2. The van der Waals surface area contributed by atoms with E-state index in [-0.39, 0.29) is 11.5 Å². The second-order valence-corrected chi connectivity index (χ2v) is 7.15. The molecule has 1 saturated heterocycles. The number of hydrogen-bond acceptors (Lipinski definition) is 9. The molecule has 1 aliphatic rings. The van der Waals surface area contributed by atoms with E-state index in [9.17, 15) is 25.1 Å². The molecule has 11 heteroatoms. The Morgan fingerprint density at radius 2 is 2.06 bits per heavy atom. The van der Waals surface area contributed by atoms with Crippen molar-refractivity contribution < 1.29 is 29.3 Å². The van der Waals surface area contributed by atoms with Crippen LogP contribution in [0.5, 0.6) is 0 Å². The van der Waals surface area contributed by atoms with Crippen LogP contribution in [0.2, 0.25) is 0 Å². The fourth-order valence-corrected chi connectivity index (χ4v) is 3.73. The number of aliphatic hydroxyl groups excluding tert-OH is 2. The molecule has 0 bridgehead atoms. The lowest BCUT2D eigenvalue weighted by Gasteiger charge is -2.24. The molecule has 2 aromatic heterocycles. The van der Waals surface area contributed by atoms with Gasteiger partial charge in [0.2, 0.25) is 5.60 Å². The van der Waals surface area contributed by atoms with Crippen molar-refractivity contribution in [1.29, 1.82) is 5.26 Å². The van der Waals surface area contributed by atoms with Gasteiger partial charge in [0.1, 0.15) is 30.1 Å². The first-order chi connectivity index (χ1) is 15.4. The van der Waals surface area contributed by atoms with E-state index in [1.807, 2.05) is 6.07 Å². The molecule has 3 N–H and O–H groups in total. The zero-order valence-corrected chi connectivity index (χ0v) is 16.9. The molecule has 0 spiro atoms. The third-order valence-electron chi connectivity index (χ3n) is 5.18. The van der Waals surface area contributed by atoms with Crippen LogP contribution in [0.1, 0.15) is 23.0 Å². The zero-order chi connectivity index (χ0) is 22.9. The number of anilines is 1. The number of fused-ring (bicyclic) bond motifs is 1. The maximum absolute atomic E-state index is 12.5. The molecule has 1 fully saturated rings. The van der Waals surface area contributed by atoms with Crippen molar-refractivity contribution in [3.63, 3.8) is 0 Å². The van der Waals surface area contributed by atoms with E-state index in [2.05, 4.69) is 15.4 Å². The van der Waals surface area contributed by atoms with Crippen LogP contribution >= 0.6 is 0 Å². The zero-order valence-electron chi connectivity index (χ0n) is 16.9. The summed E-state index contributed by atoms with van der Waals surface area (Å²) in [5.74, 6) is -0.912. The number of hydrogen-bond donors (Lipinski definition) is 3. The highest BCUT2D eigenvalue weighted by atomic mass is 16.6. The standard InChI is InChI=1S/C21H19N5O6/c1-12(28)31-17-15(9-27)32-21(10-22,18(17)29)16-8-7-14-19(23-11-24-26(14)16)25-20(30)13-5-3-2-4-6-13/h2-8,11,15,17-18,27,29H,9H2,1H3,(H,23,24,25,30)/t15-,17-,18-,21+/m1/s1. The fourth-order valence-electron chi connectivity index (χ4n) is 3.73. The van der Waals surface area contributed by atoms with E-state index in [0.717, 1.165) is 6.92 Å². The van der Waals surface area contributed by atoms with Crippen LogP contribution in [0.15, 0.2) is 48.8 Å². The van der Waals surface area contributed by atoms with Crippen LogP contribution in [0.25, 0.3) is 5.52 Å². The quantitative estimate of drug-likeness (QED) is 0.480. The van der Waals surface area contributed by atoms with Gasteiger partial charge in [0, 0.05) is 12.5 Å². The molecule has 32 heavy (non-hydrogen) atoms. The molecular weight excluding hydrogens is 418 g/mol. The van der Waals surface area contributed by atoms with Crippen LogP contribution in [0.4, 0.5) is 5.82 Å². The van der Waals surface area contributed by atoms with Crippen molar-refractivity contribution in [3.8, 4) is 6.07 Å². The van der Waals surface area contributed by atoms with E-state index < -0.39 is 42.4 Å². The largest absolute Gasteiger partial charge is 0.457 e. The molecule has 4 atom stereocenters. The summed E-state index contributed by atoms with van der Waals surface area (Å²) in [5.41, 5.74) is -1.11.